The van der Waals surface area contributed by atoms with Gasteiger partial charge in [-0.2, -0.15) is 0 Å². The number of thiophene rings is 1. The van der Waals surface area contributed by atoms with E-state index in [0.717, 1.165) is 6.42 Å². The van der Waals surface area contributed by atoms with E-state index in [0.29, 0.717) is 46.3 Å². The molecule has 0 radical (unpaired) electrons. The first-order valence-corrected chi connectivity index (χ1v) is 10.8. The maximum Gasteiger partial charge on any atom is 0.269 e. The number of benzene rings is 1. The van der Waals surface area contributed by atoms with Gasteiger partial charge in [-0.25, -0.2) is 4.98 Å². The monoisotopic (exact) mass is 416 g/mol. The molecule has 0 aliphatic carbocycles. The van der Waals surface area contributed by atoms with Gasteiger partial charge in [0, 0.05) is 30.6 Å². The van der Waals surface area contributed by atoms with Gasteiger partial charge in [0.25, 0.3) is 11.5 Å². The molecular weight excluding hydrogens is 396 g/mol. The lowest BCUT2D eigenvalue weighted by Crippen LogP contribution is -2.28. The van der Waals surface area contributed by atoms with Crippen LogP contribution in [0.25, 0.3) is 21.7 Å². The zero-order valence-corrected chi connectivity index (χ0v) is 17.3. The number of hydrogen-bond acceptors (Lipinski definition) is 5. The molecule has 1 amide bonds. The second-order valence-electron chi connectivity index (χ2n) is 7.61. The normalized spacial score (nSPS) is 16.3. The van der Waals surface area contributed by atoms with Crippen molar-refractivity contribution in [1.29, 1.82) is 0 Å². The van der Waals surface area contributed by atoms with Crippen LogP contribution in [-0.2, 0) is 0 Å². The molecule has 1 aromatic carbocycles. The number of aryl methyl sites for hydroxylation is 1. The summed E-state index contributed by atoms with van der Waals surface area (Å²) in [4.78, 5) is 39.4. The maximum atomic E-state index is 13.3. The molecule has 4 heterocycles. The number of rotatable bonds is 3. The molecule has 0 saturated carbocycles. The number of aromatic amines is 1. The summed E-state index contributed by atoms with van der Waals surface area (Å²) in [5.41, 5.74) is 3.76. The fourth-order valence-electron chi connectivity index (χ4n) is 4.01. The Hall–Kier alpha value is -3.32. The number of hydrogen-bond donors (Lipinski definition) is 1. The van der Waals surface area contributed by atoms with E-state index >= 15 is 0 Å². The van der Waals surface area contributed by atoms with Crippen molar-refractivity contribution in [3.8, 4) is 11.5 Å². The lowest BCUT2D eigenvalue weighted by Gasteiger charge is -2.16. The Balaban J connectivity index is 1.47. The van der Waals surface area contributed by atoms with Gasteiger partial charge in [-0.3, -0.25) is 14.6 Å². The minimum Gasteiger partial charge on any atom is -0.338 e. The van der Waals surface area contributed by atoms with Crippen LogP contribution >= 0.6 is 11.3 Å². The van der Waals surface area contributed by atoms with Crippen LogP contribution in [0.5, 0.6) is 0 Å². The van der Waals surface area contributed by atoms with Gasteiger partial charge in [0.1, 0.15) is 15.9 Å². The molecule has 1 atom stereocenters. The Kier molecular flexibility index (Phi) is 4.67. The number of H-pyrrole nitrogens is 1. The Labute approximate surface area is 177 Å². The largest absolute Gasteiger partial charge is 0.338 e. The van der Waals surface area contributed by atoms with E-state index in [1.165, 1.54) is 22.5 Å². The average Bonchev–Trinajstić information content (AvgIpc) is 3.42. The molecule has 4 aromatic rings. The van der Waals surface area contributed by atoms with Gasteiger partial charge in [-0.05, 0) is 31.0 Å². The summed E-state index contributed by atoms with van der Waals surface area (Å²) < 4.78 is 0.465. The number of nitrogens with zero attached hydrogens (tertiary/aromatic N) is 3. The molecule has 1 saturated heterocycles. The molecular formula is C23H20N4O2S. The van der Waals surface area contributed by atoms with Crippen molar-refractivity contribution in [2.45, 2.75) is 19.3 Å². The number of fused-ring (bicyclic) bond motifs is 1. The average molecular weight is 417 g/mol. The van der Waals surface area contributed by atoms with E-state index in [1.54, 1.807) is 23.7 Å². The molecule has 30 heavy (non-hydrogen) atoms. The third-order valence-corrected chi connectivity index (χ3v) is 6.52. The van der Waals surface area contributed by atoms with Gasteiger partial charge in [-0.15, -0.1) is 11.3 Å². The third-order valence-electron chi connectivity index (χ3n) is 5.55. The zero-order chi connectivity index (χ0) is 20.7. The number of amides is 1. The first-order valence-electron chi connectivity index (χ1n) is 9.89. The maximum absolute atomic E-state index is 13.3. The van der Waals surface area contributed by atoms with Gasteiger partial charge in [0.15, 0.2) is 5.82 Å². The predicted octanol–water partition coefficient (Wildman–Crippen LogP) is 3.98. The van der Waals surface area contributed by atoms with Crippen LogP contribution in [-0.4, -0.2) is 38.8 Å². The van der Waals surface area contributed by atoms with E-state index in [1.807, 2.05) is 11.0 Å². The van der Waals surface area contributed by atoms with Crippen LogP contribution in [0, 0.1) is 6.92 Å². The SMILES string of the molecule is Cc1cccc(C2CCN(C(=O)c3csc4c(=O)[nH]c(-c5ccccn5)nc34)C2)c1. The number of pyridine rings is 1. The van der Waals surface area contributed by atoms with Crippen molar-refractivity contribution in [3.63, 3.8) is 0 Å². The quantitative estimate of drug-likeness (QED) is 0.548. The summed E-state index contributed by atoms with van der Waals surface area (Å²) in [6.45, 7) is 3.46. The van der Waals surface area contributed by atoms with Crippen molar-refractivity contribution in [1.82, 2.24) is 19.9 Å². The van der Waals surface area contributed by atoms with Crippen LogP contribution in [0.4, 0.5) is 0 Å². The summed E-state index contributed by atoms with van der Waals surface area (Å²) in [5.74, 6) is 0.639. The first kappa shape index (κ1) is 18.7. The molecule has 1 N–H and O–H groups in total. The van der Waals surface area contributed by atoms with Gasteiger partial charge < -0.3 is 9.88 Å². The molecule has 0 bridgehead atoms. The number of carbonyl (C=O) groups excluding carboxylic acids is 1. The van der Waals surface area contributed by atoms with Gasteiger partial charge in [-0.1, -0.05) is 35.9 Å². The summed E-state index contributed by atoms with van der Waals surface area (Å²) >= 11 is 1.26. The van der Waals surface area contributed by atoms with Crippen molar-refractivity contribution >= 4 is 27.5 Å². The summed E-state index contributed by atoms with van der Waals surface area (Å²) in [6, 6.07) is 13.9. The van der Waals surface area contributed by atoms with Gasteiger partial charge in [0.05, 0.1) is 5.56 Å². The lowest BCUT2D eigenvalue weighted by atomic mass is 9.97. The number of aromatic nitrogens is 3. The molecule has 1 fully saturated rings. The Morgan fingerprint density at radius 1 is 1.23 bits per heavy atom. The zero-order valence-electron chi connectivity index (χ0n) is 16.5. The van der Waals surface area contributed by atoms with Crippen LogP contribution in [0.3, 0.4) is 0 Å². The van der Waals surface area contributed by atoms with Crippen molar-refractivity contribution in [2.24, 2.45) is 0 Å². The van der Waals surface area contributed by atoms with Crippen molar-refractivity contribution < 1.29 is 4.79 Å². The highest BCUT2D eigenvalue weighted by molar-refractivity contribution is 7.17. The topological polar surface area (TPSA) is 79.0 Å². The molecule has 5 rings (SSSR count). The van der Waals surface area contributed by atoms with Gasteiger partial charge >= 0.3 is 0 Å². The minimum absolute atomic E-state index is 0.0681. The number of nitrogens with one attached hydrogen (secondary N) is 1. The Bertz CT molecular complexity index is 1300. The fraction of sp³-hybridized carbons (Fsp3) is 0.217. The fourth-order valence-corrected chi connectivity index (χ4v) is 4.89. The summed E-state index contributed by atoms with van der Waals surface area (Å²) in [5, 5.41) is 1.75. The minimum atomic E-state index is -0.247. The van der Waals surface area contributed by atoms with Crippen molar-refractivity contribution in [3.05, 3.63) is 81.1 Å². The Morgan fingerprint density at radius 3 is 2.93 bits per heavy atom. The third kappa shape index (κ3) is 3.31. The van der Waals surface area contributed by atoms with Gasteiger partial charge in [0.2, 0.25) is 0 Å². The molecule has 7 heteroatoms. The number of carbonyl (C=O) groups is 1. The molecule has 1 aliphatic rings. The van der Waals surface area contributed by atoms with Crippen LogP contribution < -0.4 is 5.56 Å². The molecule has 1 unspecified atom stereocenters. The highest BCUT2D eigenvalue weighted by Gasteiger charge is 2.30. The molecule has 0 spiro atoms. The molecule has 1 aliphatic heterocycles. The molecule has 150 valence electrons. The van der Waals surface area contributed by atoms with E-state index in [4.69, 9.17) is 0 Å². The summed E-state index contributed by atoms with van der Waals surface area (Å²) in [7, 11) is 0. The smallest absolute Gasteiger partial charge is 0.269 e. The lowest BCUT2D eigenvalue weighted by molar-refractivity contribution is 0.0793. The Morgan fingerprint density at radius 2 is 2.13 bits per heavy atom. The van der Waals surface area contributed by atoms with E-state index < -0.39 is 0 Å². The van der Waals surface area contributed by atoms with Crippen LogP contribution in [0.2, 0.25) is 0 Å². The second kappa shape index (κ2) is 7.50. The molecule has 3 aromatic heterocycles. The predicted molar refractivity (Wildman–Crippen MR) is 118 cm³/mol. The molecule has 6 nitrogen and oxygen atoms in total. The number of likely N-dealkylation sites (tertiary alicyclic amines) is 1. The van der Waals surface area contributed by atoms with E-state index in [2.05, 4.69) is 46.1 Å². The highest BCUT2D eigenvalue weighted by atomic mass is 32.1. The van der Waals surface area contributed by atoms with Crippen molar-refractivity contribution in [2.75, 3.05) is 13.1 Å². The van der Waals surface area contributed by atoms with Crippen LogP contribution in [0.15, 0.2) is 58.8 Å². The summed E-state index contributed by atoms with van der Waals surface area (Å²) in [6.07, 6.45) is 2.58. The van der Waals surface area contributed by atoms with E-state index in [9.17, 15) is 9.59 Å². The first-order chi connectivity index (χ1) is 14.6. The standard InChI is InChI=1S/C23H20N4O2S/c1-14-5-4-6-15(11-14)16-8-10-27(12-16)23(29)17-13-30-20-19(17)25-21(26-22(20)28)18-7-2-3-9-24-18/h2-7,9,11,13,16H,8,10,12H2,1H3,(H,25,26,28). The highest BCUT2D eigenvalue weighted by Crippen LogP contribution is 2.31. The van der Waals surface area contributed by atoms with Crippen LogP contribution in [0.1, 0.15) is 33.8 Å². The van der Waals surface area contributed by atoms with E-state index in [-0.39, 0.29) is 11.5 Å². The second-order valence-corrected chi connectivity index (χ2v) is 8.49.